The second kappa shape index (κ2) is 9.97. The maximum Gasteiger partial charge on any atom is 0.588 e. The molecule has 43 heavy (non-hydrogen) atoms. The van der Waals surface area contributed by atoms with Crippen molar-refractivity contribution < 1.29 is 69.0 Å². The van der Waals surface area contributed by atoms with Crippen molar-refractivity contribution >= 4 is 23.5 Å². The van der Waals surface area contributed by atoms with E-state index >= 15 is 0 Å². The van der Waals surface area contributed by atoms with Gasteiger partial charge in [-0.05, 0) is 36.4 Å². The van der Waals surface area contributed by atoms with E-state index in [1.165, 1.54) is 36.4 Å². The first-order valence-electron chi connectivity index (χ1n) is 12.9. The number of phosphoric ester groups is 3. The quantitative estimate of drug-likeness (QED) is 0.352. The summed E-state index contributed by atoms with van der Waals surface area (Å²) in [6.07, 6.45) is -9.06. The third kappa shape index (κ3) is 4.82. The van der Waals surface area contributed by atoms with Crippen molar-refractivity contribution in [3.63, 3.8) is 0 Å². The molecule has 3 aromatic rings. The van der Waals surface area contributed by atoms with Gasteiger partial charge in [0.2, 0.25) is 0 Å². The molecule has 0 aromatic heterocycles. The number of ether oxygens (including phenoxy) is 2. The van der Waals surface area contributed by atoms with Crippen molar-refractivity contribution in [2.75, 3.05) is 6.79 Å². The van der Waals surface area contributed by atoms with Crippen LogP contribution < -0.4 is 27.1 Å². The summed E-state index contributed by atoms with van der Waals surface area (Å²) in [5, 5.41) is 11.7. The zero-order valence-corrected chi connectivity index (χ0v) is 24.3. The van der Waals surface area contributed by atoms with Crippen LogP contribution in [0.3, 0.4) is 0 Å². The Labute approximate surface area is 243 Å². The summed E-state index contributed by atoms with van der Waals surface area (Å²) in [6.45, 7) is -0.330. The predicted molar refractivity (Wildman–Crippen MR) is 141 cm³/mol. The molecule has 2 fully saturated rings. The first-order valence-corrected chi connectivity index (χ1v) is 17.3. The highest BCUT2D eigenvalue weighted by Crippen LogP contribution is 2.65. The molecule has 4 heterocycles. The van der Waals surface area contributed by atoms with E-state index in [1.54, 1.807) is 36.4 Å². The van der Waals surface area contributed by atoms with Gasteiger partial charge in [-0.3, -0.25) is 13.6 Å². The summed E-state index contributed by atoms with van der Waals surface area (Å²) in [6, 6.07) is 19.0. The Morgan fingerprint density at radius 1 is 0.512 bits per heavy atom. The fraction of sp³-hybridized carbons (Fsp3) is 0.280. The third-order valence-electron chi connectivity index (χ3n) is 7.05. The Morgan fingerprint density at radius 3 is 1.19 bits per heavy atom. The van der Waals surface area contributed by atoms with Gasteiger partial charge in [-0.2, -0.15) is 0 Å². The number of aliphatic hydroxyl groups is 1. The maximum atomic E-state index is 13.7. The standard InChI is InChI=1S/C25H21O15P3/c26-20-21(38-41(27)32-14-7-1-2-8-15(14)33-41)23-24(31-13-30-23)25(40-43(29)36-18-11-5-6-12-19(18)37-43)22(20)39-42(28)34-16-9-3-4-10-17(16)35-42/h1-12,20-26H,13H2/t20-,21-,22+,23-,24-,25-/m0/s1. The summed E-state index contributed by atoms with van der Waals surface area (Å²) in [7, 11) is -13.2. The lowest BCUT2D eigenvalue weighted by Crippen LogP contribution is -2.64. The van der Waals surface area contributed by atoms with Gasteiger partial charge >= 0.3 is 23.5 Å². The Bertz CT molecular complexity index is 1650. The van der Waals surface area contributed by atoms with Gasteiger partial charge in [0.25, 0.3) is 0 Å². The molecule has 6 atom stereocenters. The maximum absolute atomic E-state index is 13.7. The van der Waals surface area contributed by atoms with E-state index in [1.807, 2.05) is 0 Å². The smallest absolute Gasteiger partial charge is 0.391 e. The van der Waals surface area contributed by atoms with E-state index in [0.717, 1.165) is 0 Å². The van der Waals surface area contributed by atoms with Gasteiger partial charge < -0.3 is 41.7 Å². The van der Waals surface area contributed by atoms with Crippen molar-refractivity contribution in [1.29, 1.82) is 0 Å². The zero-order valence-electron chi connectivity index (χ0n) is 21.6. The zero-order chi connectivity index (χ0) is 29.4. The van der Waals surface area contributed by atoms with E-state index in [4.69, 9.17) is 50.2 Å². The largest absolute Gasteiger partial charge is 0.588 e. The molecule has 5 aliphatic rings. The fourth-order valence-electron chi connectivity index (χ4n) is 5.23. The lowest BCUT2D eigenvalue weighted by molar-refractivity contribution is -0.178. The SMILES string of the molecule is O=P1(O[C@@H]2[C@H]3OCO[C@H]3[C@@H](OP3(=O)Oc4ccccc4O3)[C@H](O)[C@H]2OP2(=O)Oc3ccccc3O2)Oc2ccccc2O1. The van der Waals surface area contributed by atoms with E-state index in [-0.39, 0.29) is 41.3 Å². The highest BCUT2D eigenvalue weighted by atomic mass is 31.2. The summed E-state index contributed by atoms with van der Waals surface area (Å²) in [5.41, 5.74) is 0. The second-order valence-corrected chi connectivity index (χ2v) is 14.2. The number of hydrogen-bond donors (Lipinski definition) is 1. The van der Waals surface area contributed by atoms with Crippen molar-refractivity contribution in [3.05, 3.63) is 72.8 Å². The van der Waals surface area contributed by atoms with Crippen LogP contribution in [0.5, 0.6) is 34.5 Å². The molecule has 8 rings (SSSR count). The van der Waals surface area contributed by atoms with Crippen LogP contribution in [0.4, 0.5) is 0 Å². The Morgan fingerprint density at radius 2 is 0.814 bits per heavy atom. The van der Waals surface area contributed by atoms with Crippen molar-refractivity contribution in [2.45, 2.75) is 36.6 Å². The molecule has 18 heteroatoms. The first kappa shape index (κ1) is 27.5. The molecule has 0 bridgehead atoms. The number of phosphoric acid groups is 3. The molecular weight excluding hydrogens is 633 g/mol. The molecule has 0 amide bonds. The molecule has 1 saturated heterocycles. The van der Waals surface area contributed by atoms with Crippen LogP contribution in [0.1, 0.15) is 0 Å². The number of benzene rings is 3. The van der Waals surface area contributed by atoms with Gasteiger partial charge in [-0.25, -0.2) is 13.7 Å². The van der Waals surface area contributed by atoms with E-state index in [9.17, 15) is 18.8 Å². The van der Waals surface area contributed by atoms with Gasteiger partial charge in [-0.15, -0.1) is 0 Å². The normalized spacial score (nSPS) is 31.5. The van der Waals surface area contributed by atoms with E-state index in [2.05, 4.69) is 0 Å². The van der Waals surface area contributed by atoms with Gasteiger partial charge in [0.05, 0.1) is 0 Å². The van der Waals surface area contributed by atoms with Crippen LogP contribution in [-0.2, 0) is 36.7 Å². The average Bonchev–Trinajstić information content (AvgIpc) is 3.74. The highest BCUT2D eigenvalue weighted by Gasteiger charge is 2.63. The summed E-state index contributed by atoms with van der Waals surface area (Å²) in [5.74, 6) is 0.877. The molecule has 0 spiro atoms. The molecule has 0 radical (unpaired) electrons. The Kier molecular flexibility index (Phi) is 6.36. The highest BCUT2D eigenvalue weighted by molar-refractivity contribution is 7.50. The minimum Gasteiger partial charge on any atom is -0.391 e. The van der Waals surface area contributed by atoms with Gasteiger partial charge in [0.15, 0.2) is 34.5 Å². The molecule has 15 nitrogen and oxygen atoms in total. The molecule has 1 saturated carbocycles. The number of para-hydroxylation sites is 6. The molecule has 226 valence electrons. The minimum absolute atomic E-state index is 0.125. The summed E-state index contributed by atoms with van der Waals surface area (Å²) in [4.78, 5) is 0. The number of aliphatic hydroxyl groups excluding tert-OH is 1. The third-order valence-corrected chi connectivity index (χ3v) is 11.1. The van der Waals surface area contributed by atoms with Crippen molar-refractivity contribution in [1.82, 2.24) is 0 Å². The lowest BCUT2D eigenvalue weighted by Gasteiger charge is -2.44. The minimum atomic E-state index is -4.48. The number of rotatable bonds is 6. The van der Waals surface area contributed by atoms with Crippen LogP contribution in [0.25, 0.3) is 0 Å². The molecule has 3 aromatic carbocycles. The van der Waals surface area contributed by atoms with Crippen molar-refractivity contribution in [3.8, 4) is 34.5 Å². The van der Waals surface area contributed by atoms with Gasteiger partial charge in [0, 0.05) is 0 Å². The van der Waals surface area contributed by atoms with Crippen LogP contribution in [0.15, 0.2) is 72.8 Å². The topological polar surface area (TPSA) is 173 Å². The summed E-state index contributed by atoms with van der Waals surface area (Å²) >= 11 is 0. The fourth-order valence-corrected chi connectivity index (χ4v) is 9.58. The Balaban J connectivity index is 1.12. The lowest BCUT2D eigenvalue weighted by atomic mass is 9.85. The van der Waals surface area contributed by atoms with Gasteiger partial charge in [0.1, 0.15) is 43.4 Å². The van der Waals surface area contributed by atoms with Crippen LogP contribution in [-0.4, -0.2) is 48.5 Å². The Hall–Kier alpha value is -3.09. The molecule has 1 aliphatic carbocycles. The second-order valence-electron chi connectivity index (χ2n) is 9.81. The molecule has 0 unspecified atom stereocenters. The van der Waals surface area contributed by atoms with E-state index in [0.29, 0.717) is 0 Å². The predicted octanol–water partition coefficient (Wildman–Crippen LogP) is 5.00. The first-order chi connectivity index (χ1) is 20.7. The summed E-state index contributed by atoms with van der Waals surface area (Å²) < 4.78 is 103. The molecular formula is C25H21O15P3. The number of fused-ring (bicyclic) bond motifs is 4. The average molecular weight is 654 g/mol. The number of hydrogen-bond acceptors (Lipinski definition) is 15. The van der Waals surface area contributed by atoms with Crippen LogP contribution >= 0.6 is 23.5 Å². The van der Waals surface area contributed by atoms with E-state index < -0.39 is 60.1 Å². The monoisotopic (exact) mass is 654 g/mol. The molecule has 1 N–H and O–H groups in total. The van der Waals surface area contributed by atoms with Crippen molar-refractivity contribution in [2.24, 2.45) is 0 Å². The van der Waals surface area contributed by atoms with Crippen LogP contribution in [0, 0.1) is 0 Å². The van der Waals surface area contributed by atoms with Gasteiger partial charge in [-0.1, -0.05) is 36.4 Å². The van der Waals surface area contributed by atoms with Crippen LogP contribution in [0.2, 0.25) is 0 Å². The molecule has 4 aliphatic heterocycles.